The third-order valence-corrected chi connectivity index (χ3v) is 3.98. The first-order chi connectivity index (χ1) is 12.5. The lowest BCUT2D eigenvalue weighted by Crippen LogP contribution is -2.07. The predicted octanol–water partition coefficient (Wildman–Crippen LogP) is 3.35. The van der Waals surface area contributed by atoms with E-state index in [0.717, 1.165) is 12.5 Å². The molecule has 0 amide bonds. The number of ether oxygens (including phenoxy) is 3. The summed E-state index contributed by atoms with van der Waals surface area (Å²) in [7, 11) is 0. The van der Waals surface area contributed by atoms with Crippen molar-refractivity contribution in [2.24, 2.45) is 0 Å². The number of benzene rings is 2. The van der Waals surface area contributed by atoms with Crippen LogP contribution in [0.4, 0.5) is 11.4 Å². The van der Waals surface area contributed by atoms with Gasteiger partial charge in [0.25, 0.3) is 5.69 Å². The Bertz CT molecular complexity index is 871. The molecule has 0 bridgehead atoms. The van der Waals surface area contributed by atoms with Crippen molar-refractivity contribution in [3.8, 4) is 11.5 Å². The summed E-state index contributed by atoms with van der Waals surface area (Å²) in [5.74, 6) is 0.244. The van der Waals surface area contributed by atoms with E-state index in [1.165, 1.54) is 12.1 Å². The summed E-state index contributed by atoms with van der Waals surface area (Å²) in [6, 6.07) is 7.04. The largest absolute Gasteiger partial charge is 0.489 e. The maximum absolute atomic E-state index is 12.2. The van der Waals surface area contributed by atoms with Crippen LogP contribution in [0.2, 0.25) is 5.02 Å². The summed E-state index contributed by atoms with van der Waals surface area (Å²) < 4.78 is 16.3. The molecular weight excluding hydrogens is 364 g/mol. The number of carbonyl (C=O) groups is 1. The van der Waals surface area contributed by atoms with Gasteiger partial charge < -0.3 is 19.9 Å². The molecule has 0 aliphatic carbocycles. The lowest BCUT2D eigenvalue weighted by atomic mass is 10.1. The van der Waals surface area contributed by atoms with E-state index in [4.69, 9.17) is 31.5 Å². The smallest absolute Gasteiger partial charge is 0.338 e. The molecule has 2 N–H and O–H groups in total. The Morgan fingerprint density at radius 1 is 1.27 bits per heavy atom. The third kappa shape index (κ3) is 3.80. The highest BCUT2D eigenvalue weighted by Crippen LogP contribution is 2.38. The molecule has 0 saturated heterocycles. The fraction of sp³-hybridized carbons (Fsp3) is 0.235. The molecule has 1 aliphatic heterocycles. The normalized spacial score (nSPS) is 13.0. The maximum atomic E-state index is 12.2. The fourth-order valence-electron chi connectivity index (χ4n) is 2.43. The van der Waals surface area contributed by atoms with Gasteiger partial charge in [-0.2, -0.15) is 0 Å². The third-order valence-electron chi connectivity index (χ3n) is 3.69. The molecule has 0 fully saturated rings. The monoisotopic (exact) mass is 378 g/mol. The summed E-state index contributed by atoms with van der Waals surface area (Å²) in [4.78, 5) is 22.4. The number of esters is 1. The second kappa shape index (κ2) is 7.49. The minimum absolute atomic E-state index is 0.0266. The van der Waals surface area contributed by atoms with Crippen LogP contribution in [0.1, 0.15) is 22.3 Å². The van der Waals surface area contributed by atoms with Crippen molar-refractivity contribution in [3.05, 3.63) is 56.6 Å². The topological polar surface area (TPSA) is 114 Å². The van der Waals surface area contributed by atoms with Crippen molar-refractivity contribution in [2.75, 3.05) is 18.9 Å². The Labute approximate surface area is 153 Å². The number of halogens is 1. The Morgan fingerprint density at radius 2 is 2.04 bits per heavy atom. The molecule has 1 heterocycles. The highest BCUT2D eigenvalue weighted by Gasteiger charge is 2.18. The van der Waals surface area contributed by atoms with Gasteiger partial charge in [0.15, 0.2) is 11.5 Å². The van der Waals surface area contributed by atoms with Crippen molar-refractivity contribution in [3.63, 3.8) is 0 Å². The standard InChI is InChI=1S/C17H15ClN2O6/c18-12-6-10(7-15-16(12)25-5-1-4-24-15)9-26-17(21)11-2-3-13(19)14(8-11)20(22)23/h2-3,6-8H,1,4-5,9,19H2. The summed E-state index contributed by atoms with van der Waals surface area (Å²) in [5, 5.41) is 11.3. The minimum atomic E-state index is -0.712. The van der Waals surface area contributed by atoms with Gasteiger partial charge in [-0.3, -0.25) is 10.1 Å². The second-order valence-electron chi connectivity index (χ2n) is 5.56. The number of nitro groups is 1. The van der Waals surface area contributed by atoms with E-state index in [1.807, 2.05) is 0 Å². The van der Waals surface area contributed by atoms with Crippen LogP contribution in [0, 0.1) is 10.1 Å². The molecule has 0 atom stereocenters. The van der Waals surface area contributed by atoms with Gasteiger partial charge in [-0.1, -0.05) is 11.6 Å². The summed E-state index contributed by atoms with van der Waals surface area (Å²) in [6.45, 7) is 0.937. The van der Waals surface area contributed by atoms with E-state index < -0.39 is 10.9 Å². The summed E-state index contributed by atoms with van der Waals surface area (Å²) in [6.07, 6.45) is 0.741. The lowest BCUT2D eigenvalue weighted by molar-refractivity contribution is -0.383. The van der Waals surface area contributed by atoms with E-state index in [0.29, 0.717) is 35.3 Å². The number of hydrogen-bond acceptors (Lipinski definition) is 7. The lowest BCUT2D eigenvalue weighted by Gasteiger charge is -2.12. The number of fused-ring (bicyclic) bond motifs is 1. The van der Waals surface area contributed by atoms with Gasteiger partial charge in [-0.25, -0.2) is 4.79 Å². The van der Waals surface area contributed by atoms with Crippen LogP contribution >= 0.6 is 11.6 Å². The molecule has 26 heavy (non-hydrogen) atoms. The first-order valence-electron chi connectivity index (χ1n) is 7.75. The molecule has 0 radical (unpaired) electrons. The molecule has 1 aliphatic rings. The predicted molar refractivity (Wildman–Crippen MR) is 93.7 cm³/mol. The zero-order chi connectivity index (χ0) is 18.7. The van der Waals surface area contributed by atoms with E-state index in [1.54, 1.807) is 12.1 Å². The molecule has 0 aromatic heterocycles. The highest BCUT2D eigenvalue weighted by atomic mass is 35.5. The number of nitrogens with two attached hydrogens (primary N) is 1. The SMILES string of the molecule is Nc1ccc(C(=O)OCc2cc(Cl)c3c(c2)OCCCO3)cc1[N+](=O)[O-]. The van der Waals surface area contributed by atoms with Crippen LogP contribution < -0.4 is 15.2 Å². The molecular formula is C17H15ClN2O6. The second-order valence-corrected chi connectivity index (χ2v) is 5.97. The van der Waals surface area contributed by atoms with Crippen LogP contribution in [-0.2, 0) is 11.3 Å². The summed E-state index contributed by atoms with van der Waals surface area (Å²) >= 11 is 6.19. The van der Waals surface area contributed by atoms with Gasteiger partial charge in [0.2, 0.25) is 0 Å². The van der Waals surface area contributed by atoms with Crippen molar-refractivity contribution in [1.29, 1.82) is 0 Å². The Balaban J connectivity index is 1.74. The van der Waals surface area contributed by atoms with Crippen LogP contribution in [0.25, 0.3) is 0 Å². The number of nitrogen functional groups attached to an aromatic ring is 1. The van der Waals surface area contributed by atoms with Crippen LogP contribution in [0.5, 0.6) is 11.5 Å². The van der Waals surface area contributed by atoms with Crippen molar-refractivity contribution >= 4 is 28.9 Å². The molecule has 0 spiro atoms. The van der Waals surface area contributed by atoms with Crippen LogP contribution in [0.15, 0.2) is 30.3 Å². The van der Waals surface area contributed by atoms with Crippen LogP contribution in [-0.4, -0.2) is 24.1 Å². The molecule has 0 saturated carbocycles. The highest BCUT2D eigenvalue weighted by molar-refractivity contribution is 6.32. The Morgan fingerprint density at radius 3 is 2.81 bits per heavy atom. The van der Waals surface area contributed by atoms with Gasteiger partial charge in [0, 0.05) is 12.5 Å². The van der Waals surface area contributed by atoms with E-state index in [9.17, 15) is 14.9 Å². The minimum Gasteiger partial charge on any atom is -0.489 e. The number of hydrogen-bond donors (Lipinski definition) is 1. The van der Waals surface area contributed by atoms with Gasteiger partial charge in [-0.15, -0.1) is 0 Å². The van der Waals surface area contributed by atoms with Crippen molar-refractivity contribution in [2.45, 2.75) is 13.0 Å². The van der Waals surface area contributed by atoms with Gasteiger partial charge >= 0.3 is 5.97 Å². The van der Waals surface area contributed by atoms with Gasteiger partial charge in [0.05, 0.1) is 28.7 Å². The molecule has 3 rings (SSSR count). The zero-order valence-corrected chi connectivity index (χ0v) is 14.3. The van der Waals surface area contributed by atoms with Gasteiger partial charge in [0.1, 0.15) is 12.3 Å². The Kier molecular flexibility index (Phi) is 5.13. The molecule has 2 aromatic carbocycles. The quantitative estimate of drug-likeness (QED) is 0.375. The number of carbonyl (C=O) groups excluding carboxylic acids is 1. The molecule has 0 unspecified atom stereocenters. The van der Waals surface area contributed by atoms with Crippen LogP contribution in [0.3, 0.4) is 0 Å². The van der Waals surface area contributed by atoms with E-state index in [-0.39, 0.29) is 23.5 Å². The number of nitro benzene ring substituents is 1. The number of nitrogens with zero attached hydrogens (tertiary/aromatic N) is 1. The maximum Gasteiger partial charge on any atom is 0.338 e. The Hall–Kier alpha value is -3.00. The fourth-order valence-corrected chi connectivity index (χ4v) is 2.72. The number of rotatable bonds is 4. The van der Waals surface area contributed by atoms with Crippen molar-refractivity contribution in [1.82, 2.24) is 0 Å². The molecule has 9 heteroatoms. The average molecular weight is 379 g/mol. The van der Waals surface area contributed by atoms with Gasteiger partial charge in [-0.05, 0) is 29.8 Å². The zero-order valence-electron chi connectivity index (χ0n) is 13.6. The first kappa shape index (κ1) is 17.8. The van der Waals surface area contributed by atoms with E-state index >= 15 is 0 Å². The average Bonchev–Trinajstić information content (AvgIpc) is 2.85. The first-order valence-corrected chi connectivity index (χ1v) is 8.12. The molecule has 2 aromatic rings. The van der Waals surface area contributed by atoms with E-state index in [2.05, 4.69) is 0 Å². The van der Waals surface area contributed by atoms with Crippen molar-refractivity contribution < 1.29 is 23.9 Å². The number of anilines is 1. The molecule has 8 nitrogen and oxygen atoms in total. The summed E-state index contributed by atoms with van der Waals surface area (Å²) in [5.41, 5.74) is 5.78. The molecule has 136 valence electrons.